The summed E-state index contributed by atoms with van der Waals surface area (Å²) in [6.45, 7) is 0. The predicted molar refractivity (Wildman–Crippen MR) is 67.8 cm³/mol. The molecular formula is C15H15FNO3-. The largest absolute Gasteiger partial charge is 0.550 e. The average Bonchev–Trinajstić information content (AvgIpc) is 3.01. The molecule has 2 saturated carbocycles. The third kappa shape index (κ3) is 2.17. The number of aliphatic carboxylic acids is 1. The van der Waals surface area contributed by atoms with Crippen molar-refractivity contribution in [3.63, 3.8) is 0 Å². The van der Waals surface area contributed by atoms with Crippen molar-refractivity contribution >= 4 is 17.6 Å². The average molecular weight is 276 g/mol. The maximum Gasteiger partial charge on any atom is 0.228 e. The first-order valence-electron chi connectivity index (χ1n) is 6.83. The molecular weight excluding hydrogens is 261 g/mol. The summed E-state index contributed by atoms with van der Waals surface area (Å²) in [7, 11) is 0. The Morgan fingerprint density at radius 2 is 1.70 bits per heavy atom. The van der Waals surface area contributed by atoms with Gasteiger partial charge in [-0.15, -0.1) is 0 Å². The summed E-state index contributed by atoms with van der Waals surface area (Å²) in [4.78, 5) is 23.6. The Morgan fingerprint density at radius 1 is 1.10 bits per heavy atom. The van der Waals surface area contributed by atoms with Crippen LogP contribution in [0.25, 0.3) is 0 Å². The van der Waals surface area contributed by atoms with Crippen molar-refractivity contribution in [2.24, 2.45) is 23.7 Å². The summed E-state index contributed by atoms with van der Waals surface area (Å²) in [6.07, 6.45) is 2.56. The van der Waals surface area contributed by atoms with Gasteiger partial charge in [-0.1, -0.05) is 0 Å². The lowest BCUT2D eigenvalue weighted by atomic mass is 9.78. The third-order valence-electron chi connectivity index (χ3n) is 4.60. The number of amides is 1. The number of anilines is 1. The van der Waals surface area contributed by atoms with Crippen LogP contribution >= 0.6 is 0 Å². The molecule has 0 heterocycles. The first kappa shape index (κ1) is 13.1. The van der Waals surface area contributed by atoms with Crippen LogP contribution in [0.5, 0.6) is 0 Å². The maximum atomic E-state index is 12.8. The summed E-state index contributed by atoms with van der Waals surface area (Å²) < 4.78 is 12.8. The lowest BCUT2D eigenvalue weighted by molar-refractivity contribution is -0.314. The summed E-state index contributed by atoms with van der Waals surface area (Å²) >= 11 is 0. The van der Waals surface area contributed by atoms with Gasteiger partial charge in [-0.05, 0) is 55.4 Å². The molecule has 0 aliphatic heterocycles. The molecule has 1 N–H and O–H groups in total. The molecule has 0 radical (unpaired) electrons. The van der Waals surface area contributed by atoms with Gasteiger partial charge in [0.25, 0.3) is 0 Å². The van der Waals surface area contributed by atoms with Crippen LogP contribution in [0.2, 0.25) is 0 Å². The Hall–Kier alpha value is -1.91. The van der Waals surface area contributed by atoms with E-state index >= 15 is 0 Å². The molecule has 5 heteroatoms. The van der Waals surface area contributed by atoms with Crippen molar-refractivity contribution in [2.75, 3.05) is 5.32 Å². The van der Waals surface area contributed by atoms with Crippen LogP contribution in [0.15, 0.2) is 24.3 Å². The summed E-state index contributed by atoms with van der Waals surface area (Å²) in [5.41, 5.74) is 0.483. The zero-order valence-corrected chi connectivity index (χ0v) is 10.8. The van der Waals surface area contributed by atoms with E-state index < -0.39 is 17.8 Å². The molecule has 4 atom stereocenters. The molecule has 2 aliphatic carbocycles. The predicted octanol–water partition coefficient (Wildman–Crippen LogP) is 1.18. The van der Waals surface area contributed by atoms with Crippen LogP contribution < -0.4 is 10.4 Å². The van der Waals surface area contributed by atoms with Crippen molar-refractivity contribution in [2.45, 2.75) is 19.3 Å². The maximum absolute atomic E-state index is 12.8. The van der Waals surface area contributed by atoms with Crippen LogP contribution in [0, 0.1) is 29.5 Å². The van der Waals surface area contributed by atoms with Crippen LogP contribution in [0.4, 0.5) is 10.1 Å². The lowest BCUT2D eigenvalue weighted by Gasteiger charge is -2.30. The summed E-state index contributed by atoms with van der Waals surface area (Å²) in [5.74, 6) is -2.82. The van der Waals surface area contributed by atoms with E-state index in [1.807, 2.05) is 0 Å². The number of halogens is 1. The smallest absolute Gasteiger partial charge is 0.228 e. The normalized spacial score (nSPS) is 31.2. The van der Waals surface area contributed by atoms with E-state index in [1.165, 1.54) is 24.3 Å². The number of nitrogens with one attached hydrogen (secondary N) is 1. The fourth-order valence-electron chi connectivity index (χ4n) is 3.77. The van der Waals surface area contributed by atoms with E-state index in [1.54, 1.807) is 0 Å². The van der Waals surface area contributed by atoms with Gasteiger partial charge in [0.15, 0.2) is 0 Å². The van der Waals surface area contributed by atoms with Gasteiger partial charge in [-0.3, -0.25) is 4.79 Å². The Labute approximate surface area is 116 Å². The van der Waals surface area contributed by atoms with E-state index in [2.05, 4.69) is 5.32 Å². The van der Waals surface area contributed by atoms with E-state index in [9.17, 15) is 19.1 Å². The molecule has 20 heavy (non-hydrogen) atoms. The molecule has 1 amide bonds. The molecule has 2 aliphatic rings. The van der Waals surface area contributed by atoms with Crippen LogP contribution in [-0.4, -0.2) is 11.9 Å². The zero-order chi connectivity index (χ0) is 14.3. The molecule has 3 rings (SSSR count). The molecule has 0 saturated heterocycles. The molecule has 106 valence electrons. The second kappa shape index (κ2) is 4.89. The highest BCUT2D eigenvalue weighted by atomic mass is 19.1. The summed E-state index contributed by atoms with van der Waals surface area (Å²) in [5, 5.41) is 13.9. The van der Waals surface area contributed by atoms with E-state index in [0.717, 1.165) is 19.3 Å². The second-order valence-electron chi connectivity index (χ2n) is 5.70. The highest BCUT2D eigenvalue weighted by molar-refractivity contribution is 5.95. The SMILES string of the molecule is O=C(Nc1ccc(F)cc1)[C@@H]1[C@@H]2CC[C@@H](C2)[C@@H]1C(=O)[O-]. The fraction of sp³-hybridized carbons (Fsp3) is 0.467. The van der Waals surface area contributed by atoms with Gasteiger partial charge in [0, 0.05) is 23.5 Å². The minimum Gasteiger partial charge on any atom is -0.550 e. The number of carboxylic acid groups (broad SMARTS) is 1. The first-order chi connectivity index (χ1) is 9.56. The number of rotatable bonds is 3. The Morgan fingerprint density at radius 3 is 2.30 bits per heavy atom. The van der Waals surface area contributed by atoms with Gasteiger partial charge in [0.05, 0.1) is 0 Å². The van der Waals surface area contributed by atoms with Crippen LogP contribution in [0.3, 0.4) is 0 Å². The molecule has 1 aromatic rings. The Balaban J connectivity index is 1.76. The third-order valence-corrected chi connectivity index (χ3v) is 4.60. The number of carbonyl (C=O) groups excluding carboxylic acids is 2. The van der Waals surface area contributed by atoms with E-state index in [4.69, 9.17) is 0 Å². The van der Waals surface area contributed by atoms with Gasteiger partial charge < -0.3 is 15.2 Å². The second-order valence-corrected chi connectivity index (χ2v) is 5.70. The minimum atomic E-state index is -1.13. The van der Waals surface area contributed by atoms with Gasteiger partial charge in [0.1, 0.15) is 5.82 Å². The fourth-order valence-corrected chi connectivity index (χ4v) is 3.77. The molecule has 0 unspecified atom stereocenters. The minimum absolute atomic E-state index is 0.0639. The molecule has 2 fully saturated rings. The first-order valence-corrected chi connectivity index (χ1v) is 6.83. The van der Waals surface area contributed by atoms with Crippen molar-refractivity contribution in [1.82, 2.24) is 0 Å². The van der Waals surface area contributed by atoms with Crippen molar-refractivity contribution in [1.29, 1.82) is 0 Å². The molecule has 0 aromatic heterocycles. The number of carbonyl (C=O) groups is 2. The summed E-state index contributed by atoms with van der Waals surface area (Å²) in [6, 6.07) is 5.45. The topological polar surface area (TPSA) is 69.2 Å². The highest BCUT2D eigenvalue weighted by Crippen LogP contribution is 2.52. The van der Waals surface area contributed by atoms with Crippen LogP contribution in [0.1, 0.15) is 19.3 Å². The molecule has 4 nitrogen and oxygen atoms in total. The van der Waals surface area contributed by atoms with Crippen molar-refractivity contribution in [3.05, 3.63) is 30.1 Å². The number of hydrogen-bond donors (Lipinski definition) is 1. The quantitative estimate of drug-likeness (QED) is 0.901. The number of fused-ring (bicyclic) bond motifs is 2. The molecule has 2 bridgehead atoms. The number of benzene rings is 1. The molecule has 0 spiro atoms. The monoisotopic (exact) mass is 276 g/mol. The van der Waals surface area contributed by atoms with Gasteiger partial charge in [0.2, 0.25) is 5.91 Å². The molecule has 1 aromatic carbocycles. The Bertz CT molecular complexity index is 543. The van der Waals surface area contributed by atoms with Crippen molar-refractivity contribution < 1.29 is 19.1 Å². The van der Waals surface area contributed by atoms with Crippen molar-refractivity contribution in [3.8, 4) is 0 Å². The van der Waals surface area contributed by atoms with Crippen LogP contribution in [-0.2, 0) is 9.59 Å². The standard InChI is InChI=1S/C15H16FNO3/c16-10-3-5-11(6-4-10)17-14(18)12-8-1-2-9(7-8)13(12)15(19)20/h3-6,8-9,12-13H,1-2,7H2,(H,17,18)(H,19,20)/p-1/t8-,9+,12-,13+/m1/s1. The zero-order valence-electron chi connectivity index (χ0n) is 10.8. The van der Waals surface area contributed by atoms with Gasteiger partial charge in [-0.25, -0.2) is 4.39 Å². The highest BCUT2D eigenvalue weighted by Gasteiger charge is 2.51. The van der Waals surface area contributed by atoms with E-state index in [-0.39, 0.29) is 23.6 Å². The van der Waals surface area contributed by atoms with Gasteiger partial charge in [-0.2, -0.15) is 0 Å². The number of carboxylic acids is 1. The number of hydrogen-bond acceptors (Lipinski definition) is 3. The Kier molecular flexibility index (Phi) is 3.20. The lowest BCUT2D eigenvalue weighted by Crippen LogP contribution is -2.43. The van der Waals surface area contributed by atoms with E-state index in [0.29, 0.717) is 5.69 Å². The van der Waals surface area contributed by atoms with Gasteiger partial charge >= 0.3 is 0 Å².